The Bertz CT molecular complexity index is 1050. The molecule has 0 radical (unpaired) electrons. The van der Waals surface area contributed by atoms with E-state index in [1.54, 1.807) is 35.6 Å². The Balaban J connectivity index is 1.71. The first-order valence-electron chi connectivity index (χ1n) is 11.7. The van der Waals surface area contributed by atoms with Crippen LogP contribution in [-0.2, 0) is 17.6 Å². The maximum Gasteiger partial charge on any atom is 0.257 e. The molecule has 7 heteroatoms. The van der Waals surface area contributed by atoms with Gasteiger partial charge in [-0.25, -0.2) is 0 Å². The number of thiophene rings is 1. The maximum absolute atomic E-state index is 13.8. The highest BCUT2D eigenvalue weighted by molar-refractivity contribution is 7.17. The molecule has 0 spiro atoms. The highest BCUT2D eigenvalue weighted by Gasteiger charge is 2.36. The number of amides is 2. The smallest absolute Gasteiger partial charge is 0.257 e. The Hall–Kier alpha value is -1.89. The van der Waals surface area contributed by atoms with Gasteiger partial charge in [-0.1, -0.05) is 44.5 Å². The minimum atomic E-state index is -0.288. The van der Waals surface area contributed by atoms with E-state index in [0.717, 1.165) is 24.8 Å². The first-order valence-corrected chi connectivity index (χ1v) is 12.9. The number of morpholine rings is 1. The maximum atomic E-state index is 13.8. The average Bonchev–Trinajstić information content (AvgIpc) is 3.09. The lowest BCUT2D eigenvalue weighted by Crippen LogP contribution is -2.48. The summed E-state index contributed by atoms with van der Waals surface area (Å²) in [6, 6.07) is 6.99. The van der Waals surface area contributed by atoms with Gasteiger partial charge in [0.2, 0.25) is 0 Å². The quantitative estimate of drug-likeness (QED) is 0.571. The first kappa shape index (κ1) is 24.2. The second-order valence-corrected chi connectivity index (χ2v) is 11.9. The summed E-state index contributed by atoms with van der Waals surface area (Å²) in [5.74, 6) is 0.240. The van der Waals surface area contributed by atoms with E-state index in [1.165, 1.54) is 4.88 Å². The number of ether oxygens (including phenoxy) is 1. The molecule has 1 aromatic carbocycles. The molecular weight excluding hydrogens is 456 g/mol. The van der Waals surface area contributed by atoms with Crippen LogP contribution in [0.5, 0.6) is 0 Å². The summed E-state index contributed by atoms with van der Waals surface area (Å²) >= 11 is 7.82. The summed E-state index contributed by atoms with van der Waals surface area (Å²) in [6.07, 6.45) is 2.80. The standard InChI is InChI=1S/C26H33ClN2O3S/c1-15-13-29(14-16(2)32-15)25(31)22-19-11-10-17(26(3,4)5)12-21(19)33-24(22)28-23(30)18-8-6-7-9-20(18)27/h6-9,15-17H,10-14H2,1-5H3,(H,28,30)/t15-,16+,17-/m0/s1. The second-order valence-electron chi connectivity index (χ2n) is 10.4. The van der Waals surface area contributed by atoms with Crippen LogP contribution in [0.4, 0.5) is 5.00 Å². The minimum absolute atomic E-state index is 0.0152. The van der Waals surface area contributed by atoms with Gasteiger partial charge in [-0.2, -0.15) is 0 Å². The van der Waals surface area contributed by atoms with Gasteiger partial charge >= 0.3 is 0 Å². The van der Waals surface area contributed by atoms with Crippen molar-refractivity contribution in [2.45, 2.75) is 66.1 Å². The summed E-state index contributed by atoms with van der Waals surface area (Å²) in [5, 5.41) is 4.07. The molecule has 33 heavy (non-hydrogen) atoms. The molecule has 3 atom stereocenters. The van der Waals surface area contributed by atoms with E-state index < -0.39 is 0 Å². The van der Waals surface area contributed by atoms with Crippen LogP contribution in [0, 0.1) is 11.3 Å². The van der Waals surface area contributed by atoms with Gasteiger partial charge in [0.15, 0.2) is 0 Å². The molecule has 1 fully saturated rings. The van der Waals surface area contributed by atoms with Crippen molar-refractivity contribution >= 4 is 39.8 Å². The summed E-state index contributed by atoms with van der Waals surface area (Å²) in [5.41, 5.74) is 2.36. The van der Waals surface area contributed by atoms with Crippen molar-refractivity contribution in [2.75, 3.05) is 18.4 Å². The lowest BCUT2D eigenvalue weighted by molar-refractivity contribution is -0.0586. The van der Waals surface area contributed by atoms with Crippen molar-refractivity contribution in [2.24, 2.45) is 11.3 Å². The van der Waals surface area contributed by atoms with Crippen LogP contribution in [-0.4, -0.2) is 42.0 Å². The third-order valence-electron chi connectivity index (χ3n) is 6.76. The van der Waals surface area contributed by atoms with Gasteiger partial charge in [0.1, 0.15) is 5.00 Å². The molecule has 5 nitrogen and oxygen atoms in total. The number of fused-ring (bicyclic) bond motifs is 1. The van der Waals surface area contributed by atoms with Crippen LogP contribution in [0.3, 0.4) is 0 Å². The molecule has 1 N–H and O–H groups in total. The summed E-state index contributed by atoms with van der Waals surface area (Å²) < 4.78 is 5.84. The van der Waals surface area contributed by atoms with Crippen molar-refractivity contribution in [1.82, 2.24) is 4.90 Å². The van der Waals surface area contributed by atoms with Crippen molar-refractivity contribution in [3.05, 3.63) is 50.9 Å². The summed E-state index contributed by atoms with van der Waals surface area (Å²) in [4.78, 5) is 30.0. The minimum Gasteiger partial charge on any atom is -0.372 e. The van der Waals surface area contributed by atoms with Crippen LogP contribution in [0.15, 0.2) is 24.3 Å². The van der Waals surface area contributed by atoms with E-state index in [2.05, 4.69) is 26.1 Å². The van der Waals surface area contributed by atoms with E-state index >= 15 is 0 Å². The molecular formula is C26H33ClN2O3S. The number of carbonyl (C=O) groups excluding carboxylic acids is 2. The fourth-order valence-corrected chi connectivity index (χ4v) is 6.49. The Morgan fingerprint density at radius 1 is 1.15 bits per heavy atom. The number of benzene rings is 1. The molecule has 2 aromatic rings. The molecule has 178 valence electrons. The zero-order valence-corrected chi connectivity index (χ0v) is 21.6. The molecule has 1 aliphatic carbocycles. The number of carbonyl (C=O) groups is 2. The van der Waals surface area contributed by atoms with Crippen LogP contribution < -0.4 is 5.32 Å². The third-order valence-corrected chi connectivity index (χ3v) is 8.26. The largest absolute Gasteiger partial charge is 0.372 e. The molecule has 1 aromatic heterocycles. The van der Waals surface area contributed by atoms with Gasteiger partial charge in [-0.15, -0.1) is 11.3 Å². The van der Waals surface area contributed by atoms with Gasteiger partial charge in [-0.3, -0.25) is 9.59 Å². The summed E-state index contributed by atoms with van der Waals surface area (Å²) in [6.45, 7) is 11.9. The Morgan fingerprint density at radius 2 is 1.82 bits per heavy atom. The predicted molar refractivity (Wildman–Crippen MR) is 135 cm³/mol. The average molecular weight is 489 g/mol. The van der Waals surface area contributed by atoms with Gasteiger partial charge < -0.3 is 15.0 Å². The molecule has 2 aliphatic rings. The van der Waals surface area contributed by atoms with Gasteiger partial charge in [0, 0.05) is 18.0 Å². The van der Waals surface area contributed by atoms with Gasteiger partial charge in [0.25, 0.3) is 11.8 Å². The lowest BCUT2D eigenvalue weighted by atomic mass is 9.72. The van der Waals surface area contributed by atoms with Crippen molar-refractivity contribution in [1.29, 1.82) is 0 Å². The molecule has 0 unspecified atom stereocenters. The van der Waals surface area contributed by atoms with Crippen LogP contribution in [0.25, 0.3) is 0 Å². The van der Waals surface area contributed by atoms with Crippen molar-refractivity contribution in [3.8, 4) is 0 Å². The Morgan fingerprint density at radius 3 is 2.45 bits per heavy atom. The first-order chi connectivity index (χ1) is 15.5. The van der Waals surface area contributed by atoms with Gasteiger partial charge in [-0.05, 0) is 62.1 Å². The molecule has 4 rings (SSSR count). The highest BCUT2D eigenvalue weighted by atomic mass is 35.5. The van der Waals surface area contributed by atoms with E-state index in [4.69, 9.17) is 16.3 Å². The zero-order chi connectivity index (χ0) is 23.9. The normalized spacial score (nSPS) is 23.2. The molecule has 1 aliphatic heterocycles. The fraction of sp³-hybridized carbons (Fsp3) is 0.538. The Labute approximate surface area is 205 Å². The summed E-state index contributed by atoms with van der Waals surface area (Å²) in [7, 11) is 0. The highest BCUT2D eigenvalue weighted by Crippen LogP contribution is 2.45. The molecule has 0 saturated carbocycles. The molecule has 1 saturated heterocycles. The van der Waals surface area contributed by atoms with E-state index in [9.17, 15) is 9.59 Å². The molecule has 2 heterocycles. The fourth-order valence-electron chi connectivity index (χ4n) is 4.96. The molecule has 2 amide bonds. The number of rotatable bonds is 3. The van der Waals surface area contributed by atoms with Crippen molar-refractivity contribution in [3.63, 3.8) is 0 Å². The van der Waals surface area contributed by atoms with E-state index in [-0.39, 0.29) is 29.4 Å². The molecule has 0 bridgehead atoms. The van der Waals surface area contributed by atoms with E-state index in [1.807, 2.05) is 18.7 Å². The topological polar surface area (TPSA) is 58.6 Å². The number of halogens is 1. The van der Waals surface area contributed by atoms with Crippen LogP contribution in [0.1, 0.15) is 72.2 Å². The zero-order valence-electron chi connectivity index (χ0n) is 20.0. The number of hydrogen-bond donors (Lipinski definition) is 1. The predicted octanol–water partition coefficient (Wildman–Crippen LogP) is 6.05. The Kier molecular flexibility index (Phi) is 6.90. The van der Waals surface area contributed by atoms with Crippen LogP contribution >= 0.6 is 22.9 Å². The SMILES string of the molecule is C[C@@H]1CN(C(=O)c2c(NC(=O)c3ccccc3Cl)sc3c2CC[C@H](C(C)(C)C)C3)C[C@H](C)O1. The van der Waals surface area contributed by atoms with Crippen molar-refractivity contribution < 1.29 is 14.3 Å². The number of nitrogens with zero attached hydrogens (tertiary/aromatic N) is 1. The van der Waals surface area contributed by atoms with E-state index in [0.29, 0.717) is 40.2 Å². The second kappa shape index (κ2) is 9.40. The van der Waals surface area contributed by atoms with Gasteiger partial charge in [0.05, 0.1) is 28.4 Å². The van der Waals surface area contributed by atoms with Crippen LogP contribution in [0.2, 0.25) is 5.02 Å². The number of hydrogen-bond acceptors (Lipinski definition) is 4. The monoisotopic (exact) mass is 488 g/mol. The number of nitrogens with one attached hydrogen (secondary N) is 1. The lowest BCUT2D eigenvalue weighted by Gasteiger charge is -2.36. The third kappa shape index (κ3) is 5.13. The number of anilines is 1.